The molecule has 27 heavy (non-hydrogen) atoms. The number of carbonyl (C=O) groups is 1. The number of rotatable bonds is 3. The molecule has 1 unspecified atom stereocenters. The van der Waals surface area contributed by atoms with Gasteiger partial charge in [-0.1, -0.05) is 35.9 Å². The smallest absolute Gasteiger partial charge is 0.227 e. The first-order chi connectivity index (χ1) is 13.0. The molecule has 1 fully saturated rings. The van der Waals surface area contributed by atoms with Gasteiger partial charge in [0.05, 0.1) is 5.02 Å². The summed E-state index contributed by atoms with van der Waals surface area (Å²) in [7, 11) is 0. The highest BCUT2D eigenvalue weighted by atomic mass is 35.5. The van der Waals surface area contributed by atoms with Crippen LogP contribution in [0.15, 0.2) is 42.5 Å². The maximum atomic E-state index is 12.0. The van der Waals surface area contributed by atoms with Crippen LogP contribution in [0.2, 0.25) is 5.02 Å². The standard InChI is InChI=1S/C21H24ClN3O2/c1-14-13-25(19-6-3-2-5-15(19)12-23-14)21(27)17-9-8-16(11-18(17)22)24-10-4-7-20(24)26/h2-3,5-6,8-9,11,14,21,23,27H,4,7,10,12-13H2,1H3/t14-,21?/m1/s1. The Kier molecular flexibility index (Phi) is 5.08. The lowest BCUT2D eigenvalue weighted by atomic mass is 10.1. The number of hydrogen-bond acceptors (Lipinski definition) is 4. The van der Waals surface area contributed by atoms with E-state index < -0.39 is 6.23 Å². The van der Waals surface area contributed by atoms with Crippen molar-refractivity contribution in [1.29, 1.82) is 0 Å². The van der Waals surface area contributed by atoms with Crippen molar-refractivity contribution >= 4 is 28.9 Å². The largest absolute Gasteiger partial charge is 0.369 e. The lowest BCUT2D eigenvalue weighted by Crippen LogP contribution is -2.38. The molecule has 2 aliphatic heterocycles. The van der Waals surface area contributed by atoms with Gasteiger partial charge in [0, 0.05) is 49.0 Å². The van der Waals surface area contributed by atoms with E-state index in [2.05, 4.69) is 18.3 Å². The second-order valence-corrected chi connectivity index (χ2v) is 7.70. The first-order valence-electron chi connectivity index (χ1n) is 9.40. The average Bonchev–Trinajstić information content (AvgIpc) is 3.02. The number of fused-ring (bicyclic) bond motifs is 1. The second kappa shape index (κ2) is 7.50. The number of para-hydroxylation sites is 1. The van der Waals surface area contributed by atoms with Crippen molar-refractivity contribution in [2.45, 2.75) is 38.6 Å². The van der Waals surface area contributed by atoms with Gasteiger partial charge in [0.25, 0.3) is 0 Å². The molecule has 4 rings (SSSR count). The van der Waals surface area contributed by atoms with E-state index in [4.69, 9.17) is 11.6 Å². The van der Waals surface area contributed by atoms with Gasteiger partial charge >= 0.3 is 0 Å². The van der Waals surface area contributed by atoms with E-state index in [9.17, 15) is 9.90 Å². The fourth-order valence-electron chi connectivity index (χ4n) is 3.90. The van der Waals surface area contributed by atoms with Gasteiger partial charge in [-0.3, -0.25) is 4.79 Å². The lowest BCUT2D eigenvalue weighted by Gasteiger charge is -2.32. The number of nitrogens with one attached hydrogen (secondary N) is 1. The molecule has 142 valence electrons. The highest BCUT2D eigenvalue weighted by Gasteiger charge is 2.28. The number of aliphatic hydroxyl groups is 1. The van der Waals surface area contributed by atoms with Crippen LogP contribution in [-0.2, 0) is 11.3 Å². The van der Waals surface area contributed by atoms with Gasteiger partial charge in [-0.2, -0.15) is 0 Å². The van der Waals surface area contributed by atoms with E-state index in [1.165, 1.54) is 0 Å². The number of halogens is 1. The van der Waals surface area contributed by atoms with Crippen LogP contribution in [-0.4, -0.2) is 30.1 Å². The summed E-state index contributed by atoms with van der Waals surface area (Å²) in [5, 5.41) is 15.1. The normalized spacial score (nSPS) is 21.1. The monoisotopic (exact) mass is 385 g/mol. The molecule has 0 bridgehead atoms. The fourth-order valence-corrected chi connectivity index (χ4v) is 4.17. The zero-order valence-electron chi connectivity index (χ0n) is 15.4. The molecule has 6 heteroatoms. The first kappa shape index (κ1) is 18.3. The van der Waals surface area contributed by atoms with Crippen LogP contribution in [0.1, 0.15) is 37.1 Å². The zero-order valence-corrected chi connectivity index (χ0v) is 16.1. The molecule has 0 spiro atoms. The van der Waals surface area contributed by atoms with Crippen molar-refractivity contribution < 1.29 is 9.90 Å². The summed E-state index contributed by atoms with van der Waals surface area (Å²) >= 11 is 6.53. The maximum absolute atomic E-state index is 12.0. The van der Waals surface area contributed by atoms with Crippen LogP contribution in [0.3, 0.4) is 0 Å². The Hall–Kier alpha value is -2.08. The third-order valence-electron chi connectivity index (χ3n) is 5.36. The van der Waals surface area contributed by atoms with Gasteiger partial charge in [-0.25, -0.2) is 0 Å². The van der Waals surface area contributed by atoms with E-state index in [0.29, 0.717) is 23.6 Å². The molecule has 0 radical (unpaired) electrons. The molecule has 2 N–H and O–H groups in total. The predicted octanol–water partition coefficient (Wildman–Crippen LogP) is 3.46. The van der Waals surface area contributed by atoms with Crippen LogP contribution in [0.25, 0.3) is 0 Å². The Balaban J connectivity index is 1.66. The van der Waals surface area contributed by atoms with Crippen molar-refractivity contribution in [3.8, 4) is 0 Å². The number of nitrogens with zero attached hydrogens (tertiary/aromatic N) is 2. The van der Waals surface area contributed by atoms with Gasteiger partial charge in [0.15, 0.2) is 6.23 Å². The fraction of sp³-hybridized carbons (Fsp3) is 0.381. The van der Waals surface area contributed by atoms with E-state index in [1.807, 2.05) is 35.2 Å². The molecule has 2 atom stereocenters. The summed E-state index contributed by atoms with van der Waals surface area (Å²) in [6, 6.07) is 13.8. The topological polar surface area (TPSA) is 55.8 Å². The van der Waals surface area contributed by atoms with E-state index in [0.717, 1.165) is 36.4 Å². The molecular formula is C21H24ClN3O2. The van der Waals surface area contributed by atoms with Crippen molar-refractivity contribution in [3.05, 3.63) is 58.6 Å². The van der Waals surface area contributed by atoms with E-state index >= 15 is 0 Å². The minimum atomic E-state index is -0.857. The molecular weight excluding hydrogens is 362 g/mol. The highest BCUT2D eigenvalue weighted by Crippen LogP contribution is 2.35. The van der Waals surface area contributed by atoms with Crippen molar-refractivity contribution in [3.63, 3.8) is 0 Å². The number of hydrogen-bond donors (Lipinski definition) is 2. The van der Waals surface area contributed by atoms with Crippen LogP contribution in [0, 0.1) is 0 Å². The third-order valence-corrected chi connectivity index (χ3v) is 5.68. The lowest BCUT2D eigenvalue weighted by molar-refractivity contribution is -0.117. The van der Waals surface area contributed by atoms with Gasteiger partial charge in [-0.05, 0) is 37.1 Å². The quantitative estimate of drug-likeness (QED) is 0.849. The molecule has 2 aromatic rings. The second-order valence-electron chi connectivity index (χ2n) is 7.29. The molecule has 0 aliphatic carbocycles. The minimum absolute atomic E-state index is 0.126. The molecule has 1 amide bonds. The van der Waals surface area contributed by atoms with Crippen LogP contribution in [0.4, 0.5) is 11.4 Å². The Labute approximate surface area is 164 Å². The van der Waals surface area contributed by atoms with Crippen LogP contribution >= 0.6 is 11.6 Å². The number of aliphatic hydroxyl groups excluding tert-OH is 1. The third kappa shape index (κ3) is 3.55. The Morgan fingerprint density at radius 3 is 2.81 bits per heavy atom. The van der Waals surface area contributed by atoms with Gasteiger partial charge in [-0.15, -0.1) is 0 Å². The molecule has 0 aromatic heterocycles. The van der Waals surface area contributed by atoms with Crippen LogP contribution < -0.4 is 15.1 Å². The molecule has 2 aromatic carbocycles. The molecule has 0 saturated carbocycles. The number of amides is 1. The number of carbonyl (C=O) groups excluding carboxylic acids is 1. The molecule has 1 saturated heterocycles. The molecule has 5 nitrogen and oxygen atoms in total. The minimum Gasteiger partial charge on any atom is -0.369 e. The Morgan fingerprint density at radius 1 is 1.26 bits per heavy atom. The molecule has 2 heterocycles. The van der Waals surface area contributed by atoms with Gasteiger partial charge in [0.1, 0.15) is 0 Å². The van der Waals surface area contributed by atoms with Gasteiger partial charge in [0.2, 0.25) is 5.91 Å². The summed E-state index contributed by atoms with van der Waals surface area (Å²) in [4.78, 5) is 15.7. The Bertz CT molecular complexity index is 857. The Morgan fingerprint density at radius 2 is 2.07 bits per heavy atom. The van der Waals surface area contributed by atoms with Crippen molar-refractivity contribution in [2.24, 2.45) is 0 Å². The summed E-state index contributed by atoms with van der Waals surface area (Å²) < 4.78 is 0. The average molecular weight is 386 g/mol. The van der Waals surface area contributed by atoms with E-state index in [1.54, 1.807) is 11.0 Å². The molecule has 2 aliphatic rings. The summed E-state index contributed by atoms with van der Waals surface area (Å²) in [5.74, 6) is 0.126. The number of anilines is 2. The summed E-state index contributed by atoms with van der Waals surface area (Å²) in [6.07, 6.45) is 0.595. The number of benzene rings is 2. The zero-order chi connectivity index (χ0) is 19.0. The first-order valence-corrected chi connectivity index (χ1v) is 9.78. The van der Waals surface area contributed by atoms with Crippen LogP contribution in [0.5, 0.6) is 0 Å². The van der Waals surface area contributed by atoms with Gasteiger partial charge < -0.3 is 20.2 Å². The predicted molar refractivity (Wildman–Crippen MR) is 108 cm³/mol. The maximum Gasteiger partial charge on any atom is 0.227 e. The van der Waals surface area contributed by atoms with E-state index in [-0.39, 0.29) is 11.9 Å². The summed E-state index contributed by atoms with van der Waals surface area (Å²) in [5.41, 5.74) is 3.61. The van der Waals surface area contributed by atoms with Crippen molar-refractivity contribution in [2.75, 3.05) is 22.9 Å². The summed E-state index contributed by atoms with van der Waals surface area (Å²) in [6.45, 7) is 4.26. The van der Waals surface area contributed by atoms with Crippen molar-refractivity contribution in [1.82, 2.24) is 5.32 Å². The SMILES string of the molecule is C[C@@H]1CN(C(O)c2ccc(N3CCCC3=O)cc2Cl)c2ccccc2CN1. The highest BCUT2D eigenvalue weighted by molar-refractivity contribution is 6.31.